The highest BCUT2D eigenvalue weighted by atomic mass is 32.2. The molecule has 0 unspecified atom stereocenters. The highest BCUT2D eigenvalue weighted by Crippen LogP contribution is 2.33. The second kappa shape index (κ2) is 9.43. The molecule has 0 spiro atoms. The number of alkyl halides is 3. The Balaban J connectivity index is 1.94. The standard InChI is InChI=1S/C21H27F3N4O4S/c1-13(2)17-10-27(16-5-4-14(11-29)18(8-16)33(3,31)32)6-7-28(17)20-25-9-15(12-30)19(26-20)21(22,23)24/h4-5,8-9,13,17,29-30H,6-7,10-12H2,1-3H3/t17-/m1/s1. The minimum Gasteiger partial charge on any atom is -0.392 e. The second-order valence-electron chi connectivity index (χ2n) is 8.37. The molecule has 182 valence electrons. The molecule has 33 heavy (non-hydrogen) atoms. The van der Waals surface area contributed by atoms with E-state index in [9.17, 15) is 31.8 Å². The Morgan fingerprint density at radius 1 is 1.15 bits per heavy atom. The van der Waals surface area contributed by atoms with Gasteiger partial charge in [0.15, 0.2) is 15.5 Å². The molecular formula is C21H27F3N4O4S. The summed E-state index contributed by atoms with van der Waals surface area (Å²) in [5.41, 5.74) is -0.594. The van der Waals surface area contributed by atoms with Crippen LogP contribution in [0.15, 0.2) is 29.3 Å². The number of piperazine rings is 1. The van der Waals surface area contributed by atoms with Gasteiger partial charge in [0.1, 0.15) is 0 Å². The molecule has 0 aliphatic carbocycles. The fourth-order valence-electron chi connectivity index (χ4n) is 3.98. The molecule has 2 N–H and O–H groups in total. The Labute approximate surface area is 190 Å². The molecule has 1 atom stereocenters. The van der Waals surface area contributed by atoms with Crippen molar-refractivity contribution in [2.24, 2.45) is 5.92 Å². The number of halogens is 3. The van der Waals surface area contributed by atoms with Gasteiger partial charge in [0.2, 0.25) is 5.95 Å². The van der Waals surface area contributed by atoms with Crippen molar-refractivity contribution in [3.63, 3.8) is 0 Å². The van der Waals surface area contributed by atoms with Gasteiger partial charge in [0, 0.05) is 43.3 Å². The predicted octanol–water partition coefficient (Wildman–Crippen LogP) is 2.23. The Morgan fingerprint density at radius 3 is 2.36 bits per heavy atom. The highest BCUT2D eigenvalue weighted by molar-refractivity contribution is 7.90. The van der Waals surface area contributed by atoms with E-state index in [0.717, 1.165) is 12.5 Å². The van der Waals surface area contributed by atoms with E-state index in [-0.39, 0.29) is 28.4 Å². The quantitative estimate of drug-likeness (QED) is 0.638. The summed E-state index contributed by atoms with van der Waals surface area (Å²) in [4.78, 5) is 11.5. The molecule has 0 amide bonds. The normalized spacial score (nSPS) is 17.7. The Bertz CT molecular complexity index is 1110. The minimum absolute atomic E-state index is 0.0225. The van der Waals surface area contributed by atoms with Crippen molar-refractivity contribution < 1.29 is 31.8 Å². The molecule has 12 heteroatoms. The first-order valence-corrected chi connectivity index (χ1v) is 12.2. The number of benzene rings is 1. The van der Waals surface area contributed by atoms with Crippen molar-refractivity contribution in [2.75, 3.05) is 35.7 Å². The van der Waals surface area contributed by atoms with Crippen molar-refractivity contribution in [1.82, 2.24) is 9.97 Å². The molecule has 0 bridgehead atoms. The fourth-order valence-corrected chi connectivity index (χ4v) is 4.92. The Morgan fingerprint density at radius 2 is 1.82 bits per heavy atom. The summed E-state index contributed by atoms with van der Waals surface area (Å²) < 4.78 is 64.6. The van der Waals surface area contributed by atoms with Gasteiger partial charge in [0.05, 0.1) is 24.2 Å². The maximum atomic E-state index is 13.4. The van der Waals surface area contributed by atoms with Gasteiger partial charge in [-0.15, -0.1) is 0 Å². The van der Waals surface area contributed by atoms with Crippen LogP contribution in [0.2, 0.25) is 0 Å². The maximum absolute atomic E-state index is 13.4. The SMILES string of the molecule is CC(C)[C@H]1CN(c2ccc(CO)c(S(C)(=O)=O)c2)CCN1c1ncc(CO)c(C(F)(F)F)n1. The van der Waals surface area contributed by atoms with Gasteiger partial charge in [-0.2, -0.15) is 13.2 Å². The van der Waals surface area contributed by atoms with Crippen LogP contribution in [0.1, 0.15) is 30.7 Å². The van der Waals surface area contributed by atoms with Crippen LogP contribution in [0.4, 0.5) is 24.8 Å². The average molecular weight is 489 g/mol. The largest absolute Gasteiger partial charge is 0.433 e. The molecule has 2 heterocycles. The number of nitrogens with zero attached hydrogens (tertiary/aromatic N) is 4. The zero-order chi connectivity index (χ0) is 24.6. The van der Waals surface area contributed by atoms with E-state index in [4.69, 9.17) is 0 Å². The zero-order valence-corrected chi connectivity index (χ0v) is 19.4. The fraction of sp³-hybridized carbons (Fsp3) is 0.524. The van der Waals surface area contributed by atoms with Crippen LogP contribution in [-0.2, 0) is 29.2 Å². The highest BCUT2D eigenvalue weighted by Gasteiger charge is 2.38. The molecule has 1 aromatic carbocycles. The van der Waals surface area contributed by atoms with Crippen LogP contribution in [-0.4, -0.2) is 60.5 Å². The van der Waals surface area contributed by atoms with Crippen LogP contribution >= 0.6 is 0 Å². The Kier molecular flexibility index (Phi) is 7.20. The first-order chi connectivity index (χ1) is 15.4. The molecule has 3 rings (SSSR count). The van der Waals surface area contributed by atoms with Crippen molar-refractivity contribution in [3.8, 4) is 0 Å². The molecule has 1 aromatic heterocycles. The zero-order valence-electron chi connectivity index (χ0n) is 18.5. The molecule has 1 aliphatic heterocycles. The lowest BCUT2D eigenvalue weighted by atomic mass is 9.99. The molecule has 1 fully saturated rings. The number of hydrogen-bond donors (Lipinski definition) is 2. The van der Waals surface area contributed by atoms with Crippen molar-refractivity contribution >= 4 is 21.5 Å². The first-order valence-electron chi connectivity index (χ1n) is 10.4. The summed E-state index contributed by atoms with van der Waals surface area (Å²) in [5.74, 6) is -0.0420. The summed E-state index contributed by atoms with van der Waals surface area (Å²) in [6.07, 6.45) is -2.64. The summed E-state index contributed by atoms with van der Waals surface area (Å²) in [6, 6.07) is 4.55. The van der Waals surface area contributed by atoms with E-state index in [1.807, 2.05) is 18.7 Å². The van der Waals surface area contributed by atoms with E-state index in [2.05, 4.69) is 9.97 Å². The van der Waals surface area contributed by atoms with Crippen molar-refractivity contribution in [1.29, 1.82) is 0 Å². The van der Waals surface area contributed by atoms with Gasteiger partial charge in [0.25, 0.3) is 0 Å². The molecule has 1 saturated heterocycles. The van der Waals surface area contributed by atoms with E-state index in [1.165, 1.54) is 6.07 Å². The topological polar surface area (TPSA) is 107 Å². The molecular weight excluding hydrogens is 461 g/mol. The number of aliphatic hydroxyl groups is 2. The van der Waals surface area contributed by atoms with Gasteiger partial charge in [-0.25, -0.2) is 18.4 Å². The van der Waals surface area contributed by atoms with Crippen LogP contribution in [0.25, 0.3) is 0 Å². The van der Waals surface area contributed by atoms with Gasteiger partial charge in [-0.3, -0.25) is 0 Å². The number of aliphatic hydroxyl groups excluding tert-OH is 2. The lowest BCUT2D eigenvalue weighted by Crippen LogP contribution is -2.56. The van der Waals surface area contributed by atoms with E-state index >= 15 is 0 Å². The lowest BCUT2D eigenvalue weighted by molar-refractivity contribution is -0.142. The second-order valence-corrected chi connectivity index (χ2v) is 10.4. The van der Waals surface area contributed by atoms with Crippen molar-refractivity contribution in [3.05, 3.63) is 41.2 Å². The predicted molar refractivity (Wildman–Crippen MR) is 117 cm³/mol. The third-order valence-electron chi connectivity index (χ3n) is 5.72. The third kappa shape index (κ3) is 5.39. The van der Waals surface area contributed by atoms with Crippen molar-refractivity contribution in [2.45, 2.75) is 44.2 Å². The average Bonchev–Trinajstić information content (AvgIpc) is 2.76. The number of aromatic nitrogens is 2. The van der Waals surface area contributed by atoms with E-state index in [1.54, 1.807) is 17.0 Å². The van der Waals surface area contributed by atoms with Gasteiger partial charge < -0.3 is 20.0 Å². The van der Waals surface area contributed by atoms with Crippen LogP contribution < -0.4 is 9.80 Å². The minimum atomic E-state index is -4.72. The lowest BCUT2D eigenvalue weighted by Gasteiger charge is -2.44. The van der Waals surface area contributed by atoms with Gasteiger partial charge in [-0.05, 0) is 23.6 Å². The van der Waals surface area contributed by atoms with Crippen LogP contribution in [0.3, 0.4) is 0 Å². The molecule has 0 radical (unpaired) electrons. The van der Waals surface area contributed by atoms with Gasteiger partial charge >= 0.3 is 6.18 Å². The monoisotopic (exact) mass is 488 g/mol. The Hall–Kier alpha value is -2.44. The van der Waals surface area contributed by atoms with Crippen LogP contribution in [0.5, 0.6) is 0 Å². The first kappa shape index (κ1) is 25.2. The number of anilines is 2. The summed E-state index contributed by atoms with van der Waals surface area (Å²) in [6.45, 7) is 3.77. The van der Waals surface area contributed by atoms with E-state index in [0.29, 0.717) is 30.9 Å². The molecule has 8 nitrogen and oxygen atoms in total. The molecule has 0 saturated carbocycles. The maximum Gasteiger partial charge on any atom is 0.433 e. The van der Waals surface area contributed by atoms with Gasteiger partial charge in [-0.1, -0.05) is 19.9 Å². The molecule has 2 aromatic rings. The molecule has 1 aliphatic rings. The number of hydrogen-bond acceptors (Lipinski definition) is 8. The third-order valence-corrected chi connectivity index (χ3v) is 6.90. The summed E-state index contributed by atoms with van der Waals surface area (Å²) in [5, 5.41) is 18.7. The smallest absolute Gasteiger partial charge is 0.392 e. The number of rotatable bonds is 6. The summed E-state index contributed by atoms with van der Waals surface area (Å²) >= 11 is 0. The summed E-state index contributed by atoms with van der Waals surface area (Å²) in [7, 11) is -3.56. The number of sulfone groups is 1. The van der Waals surface area contributed by atoms with Crippen LogP contribution in [0, 0.1) is 5.92 Å². The van der Waals surface area contributed by atoms with E-state index < -0.39 is 34.9 Å².